The van der Waals surface area contributed by atoms with E-state index in [-0.39, 0.29) is 0 Å². The molecule has 0 fully saturated rings. The molecule has 0 spiro atoms. The van der Waals surface area contributed by atoms with E-state index in [9.17, 15) is 0 Å². The maximum absolute atomic E-state index is 5.17. The van der Waals surface area contributed by atoms with Crippen LogP contribution >= 0.6 is 12.6 Å². The van der Waals surface area contributed by atoms with E-state index in [2.05, 4.69) is 27.3 Å². The number of nitrogens with two attached hydrogens (primary N) is 1. The summed E-state index contributed by atoms with van der Waals surface area (Å²) >= 11 is 4.22. The number of aryl methyl sites for hydroxylation is 1. The Morgan fingerprint density at radius 1 is 1.10 bits per heavy atom. The fourth-order valence-corrected chi connectivity index (χ4v) is 1.70. The average molecular weight is 285 g/mol. The van der Waals surface area contributed by atoms with Gasteiger partial charge < -0.3 is 10.3 Å². The second kappa shape index (κ2) is 6.77. The van der Waals surface area contributed by atoms with Crippen molar-refractivity contribution >= 4 is 18.4 Å². The van der Waals surface area contributed by atoms with Crippen molar-refractivity contribution in [2.45, 2.75) is 11.8 Å². The van der Waals surface area contributed by atoms with Crippen LogP contribution in [0.25, 0.3) is 11.3 Å². The number of hydrogen-bond acceptors (Lipinski definition) is 5. The van der Waals surface area contributed by atoms with Gasteiger partial charge in [0.15, 0.2) is 5.82 Å². The molecule has 2 heterocycles. The molecule has 3 rings (SSSR count). The third-order valence-corrected chi connectivity index (χ3v) is 2.77. The first-order valence-electron chi connectivity index (χ1n) is 6.04. The van der Waals surface area contributed by atoms with Crippen molar-refractivity contribution in [2.24, 2.45) is 0 Å². The van der Waals surface area contributed by atoms with Crippen molar-refractivity contribution in [3.05, 3.63) is 60.5 Å². The summed E-state index contributed by atoms with van der Waals surface area (Å²) in [6.45, 7) is 1.80. The SMILES string of the molecule is Cc1cc(N)no1.Sc1ccc(-c2ccccn2)cc1. The van der Waals surface area contributed by atoms with Gasteiger partial charge in [0, 0.05) is 22.7 Å². The van der Waals surface area contributed by atoms with Crippen LogP contribution in [-0.2, 0) is 0 Å². The van der Waals surface area contributed by atoms with Gasteiger partial charge in [0.25, 0.3) is 0 Å². The summed E-state index contributed by atoms with van der Waals surface area (Å²) in [5.74, 6) is 1.19. The maximum atomic E-state index is 5.17. The van der Waals surface area contributed by atoms with Crippen LogP contribution < -0.4 is 5.73 Å². The Labute approximate surface area is 123 Å². The number of anilines is 1. The first-order chi connectivity index (χ1) is 9.65. The molecule has 0 bridgehead atoms. The van der Waals surface area contributed by atoms with Crippen LogP contribution in [-0.4, -0.2) is 10.1 Å². The molecule has 5 heteroatoms. The standard InChI is InChI=1S/C11H9NS.C4H6N2O/c13-10-6-4-9(5-7-10)11-3-1-2-8-12-11;1-3-2-4(5)6-7-3/h1-8,13H;2H,1H3,(H2,5,6). The second-order valence-corrected chi connectivity index (χ2v) is 4.64. The summed E-state index contributed by atoms with van der Waals surface area (Å²) in [5, 5.41) is 3.42. The van der Waals surface area contributed by atoms with Crippen LogP contribution in [0, 0.1) is 6.92 Å². The van der Waals surface area contributed by atoms with Gasteiger partial charge in [0.05, 0.1) is 5.69 Å². The zero-order valence-corrected chi connectivity index (χ0v) is 11.9. The minimum atomic E-state index is 0.442. The molecule has 0 aliphatic heterocycles. The predicted molar refractivity (Wildman–Crippen MR) is 82.6 cm³/mol. The lowest BCUT2D eigenvalue weighted by Gasteiger charge is -1.99. The minimum absolute atomic E-state index is 0.442. The summed E-state index contributed by atoms with van der Waals surface area (Å²) < 4.78 is 4.59. The predicted octanol–water partition coefficient (Wildman–Crippen LogP) is 3.60. The summed E-state index contributed by atoms with van der Waals surface area (Å²) in [6, 6.07) is 15.5. The number of benzene rings is 1. The van der Waals surface area contributed by atoms with Crippen molar-refractivity contribution in [2.75, 3.05) is 5.73 Å². The van der Waals surface area contributed by atoms with Gasteiger partial charge in [0.2, 0.25) is 0 Å². The van der Waals surface area contributed by atoms with Gasteiger partial charge in [-0.15, -0.1) is 12.6 Å². The first-order valence-corrected chi connectivity index (χ1v) is 6.49. The number of nitrogen functional groups attached to an aromatic ring is 1. The quantitative estimate of drug-likeness (QED) is 0.670. The van der Waals surface area contributed by atoms with Gasteiger partial charge in [-0.3, -0.25) is 4.98 Å². The van der Waals surface area contributed by atoms with Gasteiger partial charge in [-0.2, -0.15) is 0 Å². The lowest BCUT2D eigenvalue weighted by molar-refractivity contribution is 0.400. The molecular formula is C15H15N3OS. The Morgan fingerprint density at radius 2 is 1.85 bits per heavy atom. The van der Waals surface area contributed by atoms with Crippen LogP contribution in [0.3, 0.4) is 0 Å². The fraction of sp³-hybridized carbons (Fsp3) is 0.0667. The highest BCUT2D eigenvalue weighted by Crippen LogP contribution is 2.17. The maximum Gasteiger partial charge on any atom is 0.167 e. The highest BCUT2D eigenvalue weighted by Gasteiger charge is 1.95. The smallest absolute Gasteiger partial charge is 0.167 e. The molecule has 0 amide bonds. The molecule has 0 aliphatic carbocycles. The van der Waals surface area contributed by atoms with Gasteiger partial charge in [-0.25, -0.2) is 0 Å². The molecule has 2 aromatic heterocycles. The Balaban J connectivity index is 0.000000178. The molecule has 102 valence electrons. The van der Waals surface area contributed by atoms with E-state index in [0.717, 1.165) is 21.9 Å². The monoisotopic (exact) mass is 285 g/mol. The van der Waals surface area contributed by atoms with Crippen LogP contribution in [0.15, 0.2) is 64.1 Å². The summed E-state index contributed by atoms with van der Waals surface area (Å²) in [6.07, 6.45) is 1.80. The fourth-order valence-electron chi connectivity index (χ4n) is 1.55. The molecule has 0 aliphatic rings. The van der Waals surface area contributed by atoms with E-state index in [0.29, 0.717) is 5.82 Å². The van der Waals surface area contributed by atoms with Crippen molar-refractivity contribution in [1.29, 1.82) is 0 Å². The van der Waals surface area contributed by atoms with Gasteiger partial charge in [-0.05, 0) is 31.2 Å². The molecule has 0 radical (unpaired) electrons. The van der Waals surface area contributed by atoms with E-state index >= 15 is 0 Å². The Morgan fingerprint density at radius 3 is 2.30 bits per heavy atom. The summed E-state index contributed by atoms with van der Waals surface area (Å²) in [7, 11) is 0. The third-order valence-electron chi connectivity index (χ3n) is 2.47. The zero-order valence-electron chi connectivity index (χ0n) is 11.0. The van der Waals surface area contributed by atoms with Gasteiger partial charge >= 0.3 is 0 Å². The van der Waals surface area contributed by atoms with Gasteiger partial charge in [0.1, 0.15) is 5.76 Å². The molecule has 1 aromatic carbocycles. The van der Waals surface area contributed by atoms with Crippen molar-refractivity contribution in [1.82, 2.24) is 10.1 Å². The van der Waals surface area contributed by atoms with Gasteiger partial charge in [-0.1, -0.05) is 23.4 Å². The Bertz CT molecular complexity index is 634. The third kappa shape index (κ3) is 4.13. The second-order valence-electron chi connectivity index (χ2n) is 4.12. The van der Waals surface area contributed by atoms with Crippen molar-refractivity contribution < 1.29 is 4.52 Å². The number of pyridine rings is 1. The molecule has 20 heavy (non-hydrogen) atoms. The van der Waals surface area contributed by atoms with E-state index < -0.39 is 0 Å². The minimum Gasteiger partial charge on any atom is -0.381 e. The van der Waals surface area contributed by atoms with Crippen LogP contribution in [0.5, 0.6) is 0 Å². The topological polar surface area (TPSA) is 64.9 Å². The van der Waals surface area contributed by atoms with Crippen LogP contribution in [0.2, 0.25) is 0 Å². The first kappa shape index (κ1) is 14.1. The van der Waals surface area contributed by atoms with Crippen LogP contribution in [0.4, 0.5) is 5.82 Å². The number of hydrogen-bond donors (Lipinski definition) is 2. The Hall–Kier alpha value is -2.27. The molecule has 3 aromatic rings. The van der Waals surface area contributed by atoms with E-state index in [1.165, 1.54) is 0 Å². The zero-order chi connectivity index (χ0) is 14.4. The highest BCUT2D eigenvalue weighted by molar-refractivity contribution is 7.80. The normalized spacial score (nSPS) is 9.70. The number of aromatic nitrogens is 2. The molecular weight excluding hydrogens is 270 g/mol. The summed E-state index contributed by atoms with van der Waals surface area (Å²) in [4.78, 5) is 5.23. The molecule has 4 nitrogen and oxygen atoms in total. The van der Waals surface area contributed by atoms with Crippen molar-refractivity contribution in [3.63, 3.8) is 0 Å². The molecule has 2 N–H and O–H groups in total. The average Bonchev–Trinajstić information content (AvgIpc) is 2.85. The lowest BCUT2D eigenvalue weighted by Crippen LogP contribution is -1.80. The van der Waals surface area contributed by atoms with E-state index in [1.54, 1.807) is 19.2 Å². The lowest BCUT2D eigenvalue weighted by atomic mass is 10.1. The molecule has 0 atom stereocenters. The van der Waals surface area contributed by atoms with E-state index in [4.69, 9.17) is 5.73 Å². The summed E-state index contributed by atoms with van der Waals surface area (Å²) in [5.41, 5.74) is 7.29. The van der Waals surface area contributed by atoms with Crippen LogP contribution in [0.1, 0.15) is 5.76 Å². The highest BCUT2D eigenvalue weighted by atomic mass is 32.1. The largest absolute Gasteiger partial charge is 0.381 e. The molecule has 0 saturated heterocycles. The van der Waals surface area contributed by atoms with Crippen molar-refractivity contribution in [3.8, 4) is 11.3 Å². The number of thiol groups is 1. The van der Waals surface area contributed by atoms with E-state index in [1.807, 2.05) is 42.5 Å². The Kier molecular flexibility index (Phi) is 4.79. The number of nitrogens with zero attached hydrogens (tertiary/aromatic N) is 2. The molecule has 0 saturated carbocycles. The number of rotatable bonds is 1. The molecule has 0 unspecified atom stereocenters.